The quantitative estimate of drug-likeness (QED) is 0.603. The minimum absolute atomic E-state index is 0.0618. The Morgan fingerprint density at radius 1 is 1.10 bits per heavy atom. The highest BCUT2D eigenvalue weighted by Gasteiger charge is 2.32. The van der Waals surface area contributed by atoms with Crippen molar-refractivity contribution in [3.63, 3.8) is 0 Å². The first-order chi connectivity index (χ1) is 14.6. The number of amidine groups is 1. The third-order valence-electron chi connectivity index (χ3n) is 4.69. The summed E-state index contributed by atoms with van der Waals surface area (Å²) < 4.78 is 7.15. The Morgan fingerprint density at radius 3 is 2.50 bits per heavy atom. The van der Waals surface area contributed by atoms with Crippen LogP contribution >= 0.6 is 11.8 Å². The van der Waals surface area contributed by atoms with Crippen LogP contribution in [-0.4, -0.2) is 39.3 Å². The van der Waals surface area contributed by atoms with Gasteiger partial charge in [-0.1, -0.05) is 0 Å². The Bertz CT molecular complexity index is 1120. The van der Waals surface area contributed by atoms with Crippen LogP contribution in [0.1, 0.15) is 12.6 Å². The number of methoxy groups -OCH3 is 1. The van der Waals surface area contributed by atoms with Crippen LogP contribution in [-0.2, 0) is 4.79 Å². The monoisotopic (exact) mass is 419 g/mol. The lowest BCUT2D eigenvalue weighted by Gasteiger charge is -2.12. The molecule has 152 valence electrons. The van der Waals surface area contributed by atoms with E-state index in [-0.39, 0.29) is 11.7 Å². The molecule has 1 saturated heterocycles. The van der Waals surface area contributed by atoms with E-state index >= 15 is 0 Å². The summed E-state index contributed by atoms with van der Waals surface area (Å²) in [5, 5.41) is 10.2. The lowest BCUT2D eigenvalue weighted by molar-refractivity contribution is -0.122. The van der Waals surface area contributed by atoms with Gasteiger partial charge in [-0.25, -0.2) is 4.99 Å². The van der Waals surface area contributed by atoms with Gasteiger partial charge in [-0.3, -0.25) is 9.69 Å². The maximum atomic E-state index is 12.9. The normalized spacial score (nSPS) is 16.6. The zero-order chi connectivity index (χ0) is 21.1. The number of phenolic OH excluding ortho intramolecular Hbond substituents is 1. The Balaban J connectivity index is 1.65. The molecule has 30 heavy (non-hydrogen) atoms. The third kappa shape index (κ3) is 3.97. The predicted molar refractivity (Wildman–Crippen MR) is 120 cm³/mol. The standard InChI is InChI=1S/C23H21N3O3S/c1-3-25-22(28)21(30-23(25)24-16-6-12-20(29-2)13-7-16)15-18-5-4-14-26(18)17-8-10-19(27)11-9-17/h4-15,27H,3H2,1-2H3. The average Bonchev–Trinajstić information content (AvgIpc) is 3.34. The van der Waals surface area contributed by atoms with Gasteiger partial charge in [-0.15, -0.1) is 0 Å². The molecule has 1 aromatic heterocycles. The fourth-order valence-electron chi connectivity index (χ4n) is 3.13. The maximum absolute atomic E-state index is 12.9. The van der Waals surface area contributed by atoms with E-state index in [0.29, 0.717) is 16.6 Å². The van der Waals surface area contributed by atoms with Crippen LogP contribution in [0.2, 0.25) is 0 Å². The van der Waals surface area contributed by atoms with Crippen molar-refractivity contribution in [2.45, 2.75) is 6.92 Å². The number of benzene rings is 2. The zero-order valence-corrected chi connectivity index (χ0v) is 17.5. The second-order valence-corrected chi connectivity index (χ2v) is 7.58. The van der Waals surface area contributed by atoms with Crippen LogP contribution in [0.15, 0.2) is 76.8 Å². The molecule has 0 unspecified atom stereocenters. The molecule has 1 amide bonds. The number of aliphatic imine (C=N–C) groups is 1. The van der Waals surface area contributed by atoms with Gasteiger partial charge in [-0.05, 0) is 85.4 Å². The highest BCUT2D eigenvalue weighted by Crippen LogP contribution is 2.34. The fraction of sp³-hybridized carbons (Fsp3) is 0.130. The van der Waals surface area contributed by atoms with Crippen molar-refractivity contribution in [2.75, 3.05) is 13.7 Å². The van der Waals surface area contributed by atoms with Gasteiger partial charge in [0.2, 0.25) is 0 Å². The molecule has 2 heterocycles. The van der Waals surface area contributed by atoms with Crippen LogP contribution in [0.3, 0.4) is 0 Å². The largest absolute Gasteiger partial charge is 0.508 e. The van der Waals surface area contributed by atoms with Gasteiger partial charge < -0.3 is 14.4 Å². The summed E-state index contributed by atoms with van der Waals surface area (Å²) in [6.45, 7) is 2.47. The number of ether oxygens (including phenoxy) is 1. The number of aromatic hydroxyl groups is 1. The third-order valence-corrected chi connectivity index (χ3v) is 5.70. The van der Waals surface area contributed by atoms with Crippen molar-refractivity contribution in [2.24, 2.45) is 4.99 Å². The zero-order valence-electron chi connectivity index (χ0n) is 16.6. The van der Waals surface area contributed by atoms with Crippen LogP contribution in [0, 0.1) is 0 Å². The van der Waals surface area contributed by atoms with Crippen LogP contribution < -0.4 is 4.74 Å². The summed E-state index contributed by atoms with van der Waals surface area (Å²) in [5.41, 5.74) is 2.54. The summed E-state index contributed by atoms with van der Waals surface area (Å²) in [5.74, 6) is 0.913. The Kier molecular flexibility index (Phi) is 5.63. The van der Waals surface area contributed by atoms with E-state index in [4.69, 9.17) is 4.74 Å². The number of aromatic nitrogens is 1. The summed E-state index contributed by atoms with van der Waals surface area (Å²) >= 11 is 1.36. The minimum Gasteiger partial charge on any atom is -0.508 e. The lowest BCUT2D eigenvalue weighted by atomic mass is 10.3. The predicted octanol–water partition coefficient (Wildman–Crippen LogP) is 4.82. The number of carbonyl (C=O) groups excluding carboxylic acids is 1. The molecule has 0 saturated carbocycles. The van der Waals surface area contributed by atoms with Crippen molar-refractivity contribution in [1.29, 1.82) is 0 Å². The van der Waals surface area contributed by atoms with E-state index in [1.165, 1.54) is 11.8 Å². The van der Waals surface area contributed by atoms with Gasteiger partial charge in [0.15, 0.2) is 5.17 Å². The molecule has 1 aliphatic rings. The van der Waals surface area contributed by atoms with Crippen molar-refractivity contribution in [3.8, 4) is 17.2 Å². The lowest BCUT2D eigenvalue weighted by Crippen LogP contribution is -2.28. The minimum atomic E-state index is -0.0618. The van der Waals surface area contributed by atoms with E-state index in [2.05, 4.69) is 4.99 Å². The first kappa shape index (κ1) is 19.8. The molecular weight excluding hydrogens is 398 g/mol. The van der Waals surface area contributed by atoms with Crippen molar-refractivity contribution in [1.82, 2.24) is 9.47 Å². The van der Waals surface area contributed by atoms with Crippen LogP contribution in [0.25, 0.3) is 11.8 Å². The van der Waals surface area contributed by atoms with Gasteiger partial charge in [0.25, 0.3) is 5.91 Å². The number of hydrogen-bond acceptors (Lipinski definition) is 5. The number of nitrogens with zero attached hydrogens (tertiary/aromatic N) is 3. The number of thioether (sulfide) groups is 1. The molecule has 4 rings (SSSR count). The Labute approximate surface area is 179 Å². The Morgan fingerprint density at radius 2 is 1.83 bits per heavy atom. The second kappa shape index (κ2) is 8.51. The molecule has 6 nitrogen and oxygen atoms in total. The van der Waals surface area contributed by atoms with Crippen LogP contribution in [0.4, 0.5) is 5.69 Å². The molecule has 0 atom stereocenters. The summed E-state index contributed by atoms with van der Waals surface area (Å²) in [4.78, 5) is 19.9. The number of hydrogen-bond donors (Lipinski definition) is 1. The van der Waals surface area contributed by atoms with Gasteiger partial charge in [0.1, 0.15) is 11.5 Å². The molecule has 0 spiro atoms. The van der Waals surface area contributed by atoms with Gasteiger partial charge >= 0.3 is 0 Å². The Hall–Kier alpha value is -3.45. The number of rotatable bonds is 5. The van der Waals surface area contributed by atoms with Crippen molar-refractivity contribution in [3.05, 3.63) is 77.5 Å². The maximum Gasteiger partial charge on any atom is 0.266 e. The van der Waals surface area contributed by atoms with Gasteiger partial charge in [0.05, 0.1) is 17.7 Å². The van der Waals surface area contributed by atoms with Crippen molar-refractivity contribution < 1.29 is 14.6 Å². The second-order valence-electron chi connectivity index (χ2n) is 6.57. The molecular formula is C23H21N3O3S. The number of amides is 1. The summed E-state index contributed by atoms with van der Waals surface area (Å²) in [7, 11) is 1.62. The molecule has 3 aromatic rings. The van der Waals surface area contributed by atoms with Crippen molar-refractivity contribution >= 4 is 34.6 Å². The first-order valence-electron chi connectivity index (χ1n) is 9.50. The smallest absolute Gasteiger partial charge is 0.266 e. The molecule has 0 aliphatic carbocycles. The molecule has 2 aromatic carbocycles. The summed E-state index contributed by atoms with van der Waals surface area (Å²) in [6, 6.07) is 18.2. The van der Waals surface area contributed by atoms with Gasteiger partial charge in [0, 0.05) is 24.1 Å². The highest BCUT2D eigenvalue weighted by molar-refractivity contribution is 8.18. The van der Waals surface area contributed by atoms with Crippen LogP contribution in [0.5, 0.6) is 11.5 Å². The topological polar surface area (TPSA) is 67.1 Å². The molecule has 0 radical (unpaired) electrons. The van der Waals surface area contributed by atoms with E-state index < -0.39 is 0 Å². The first-order valence-corrected chi connectivity index (χ1v) is 10.3. The molecule has 7 heteroatoms. The summed E-state index contributed by atoms with van der Waals surface area (Å²) in [6.07, 6.45) is 3.80. The average molecular weight is 420 g/mol. The number of phenols is 1. The SMILES string of the molecule is CCN1C(=O)C(=Cc2cccn2-c2ccc(O)cc2)SC1=Nc1ccc(OC)cc1. The van der Waals surface area contributed by atoms with E-state index in [1.54, 1.807) is 24.1 Å². The van der Waals surface area contributed by atoms with E-state index in [0.717, 1.165) is 22.8 Å². The fourth-order valence-corrected chi connectivity index (χ4v) is 4.18. The molecule has 1 N–H and O–H groups in total. The molecule has 1 fully saturated rings. The van der Waals surface area contributed by atoms with Gasteiger partial charge in [-0.2, -0.15) is 0 Å². The van der Waals surface area contributed by atoms with E-state index in [1.807, 2.05) is 72.3 Å². The number of likely N-dealkylation sites (N-methyl/N-ethyl adjacent to an activating group) is 1. The van der Waals surface area contributed by atoms with E-state index in [9.17, 15) is 9.90 Å². The molecule has 1 aliphatic heterocycles. The highest BCUT2D eigenvalue weighted by atomic mass is 32.2. The molecule has 0 bridgehead atoms. The number of carbonyl (C=O) groups is 1.